The molecule has 0 fully saturated rings. The zero-order valence-electron chi connectivity index (χ0n) is 13.7. The van der Waals surface area contributed by atoms with Crippen LogP contribution in [0.3, 0.4) is 0 Å². The number of carbonyl (C=O) groups excluding carboxylic acids is 2. The van der Waals surface area contributed by atoms with E-state index in [9.17, 15) is 9.59 Å². The van der Waals surface area contributed by atoms with Gasteiger partial charge < -0.3 is 15.5 Å². The lowest BCUT2D eigenvalue weighted by atomic mass is 9.94. The summed E-state index contributed by atoms with van der Waals surface area (Å²) in [4.78, 5) is 27.3. The average Bonchev–Trinajstić information content (AvgIpc) is 2.38. The average molecular weight is 285 g/mol. The van der Waals surface area contributed by atoms with Gasteiger partial charge in [0.2, 0.25) is 11.8 Å². The van der Waals surface area contributed by atoms with Crippen molar-refractivity contribution in [3.05, 3.63) is 0 Å². The molecule has 0 rings (SSSR count). The molecule has 1 unspecified atom stereocenters. The molecule has 0 aliphatic carbocycles. The second kappa shape index (κ2) is 9.75. The Morgan fingerprint density at radius 1 is 1.10 bits per heavy atom. The van der Waals surface area contributed by atoms with Crippen LogP contribution in [0.5, 0.6) is 0 Å². The second-order valence-electron chi connectivity index (χ2n) is 5.75. The molecule has 0 aliphatic heterocycles. The third kappa shape index (κ3) is 6.89. The number of likely N-dealkylation sites (N-methyl/N-ethyl adjacent to an activating group) is 2. The van der Waals surface area contributed by atoms with Crippen LogP contribution in [-0.2, 0) is 9.59 Å². The zero-order chi connectivity index (χ0) is 15.7. The van der Waals surface area contributed by atoms with Crippen molar-refractivity contribution in [1.29, 1.82) is 0 Å². The highest BCUT2D eigenvalue weighted by atomic mass is 16.2. The Kier molecular flexibility index (Phi) is 9.21. The quantitative estimate of drug-likeness (QED) is 0.695. The smallest absolute Gasteiger partial charge is 0.242 e. The van der Waals surface area contributed by atoms with Gasteiger partial charge in [-0.2, -0.15) is 0 Å². The van der Waals surface area contributed by atoms with Gasteiger partial charge in [0.15, 0.2) is 0 Å². The van der Waals surface area contributed by atoms with Crippen molar-refractivity contribution in [1.82, 2.24) is 9.80 Å². The molecule has 0 aromatic carbocycles. The van der Waals surface area contributed by atoms with Crippen LogP contribution < -0.4 is 5.73 Å². The van der Waals surface area contributed by atoms with E-state index in [1.54, 1.807) is 11.9 Å². The molecule has 20 heavy (non-hydrogen) atoms. The first kappa shape index (κ1) is 18.9. The Bertz CT molecular complexity index is 301. The van der Waals surface area contributed by atoms with Gasteiger partial charge >= 0.3 is 0 Å². The number of hydrogen-bond acceptors (Lipinski definition) is 3. The van der Waals surface area contributed by atoms with Crippen LogP contribution in [0.15, 0.2) is 0 Å². The van der Waals surface area contributed by atoms with E-state index in [0.29, 0.717) is 32.0 Å². The van der Waals surface area contributed by atoms with Gasteiger partial charge in [-0.3, -0.25) is 9.59 Å². The molecule has 0 radical (unpaired) electrons. The standard InChI is InChI=1S/C15H31N3O2/c1-6-18(7-2)15(20)11-17(5)14(19)9-13(10-16)8-12(3)4/h12-13H,6-11,16H2,1-5H3. The normalized spacial score (nSPS) is 12.3. The highest BCUT2D eigenvalue weighted by Crippen LogP contribution is 2.15. The summed E-state index contributed by atoms with van der Waals surface area (Å²) in [5.41, 5.74) is 5.72. The molecule has 2 N–H and O–H groups in total. The van der Waals surface area contributed by atoms with Crippen molar-refractivity contribution in [2.45, 2.75) is 40.5 Å². The number of hydrogen-bond donors (Lipinski definition) is 1. The third-order valence-electron chi connectivity index (χ3n) is 3.52. The molecule has 0 aliphatic rings. The lowest BCUT2D eigenvalue weighted by Crippen LogP contribution is -2.41. The van der Waals surface area contributed by atoms with Gasteiger partial charge in [-0.25, -0.2) is 0 Å². The fourth-order valence-corrected chi connectivity index (χ4v) is 2.30. The molecule has 0 heterocycles. The molecule has 5 heteroatoms. The molecule has 0 saturated carbocycles. The summed E-state index contributed by atoms with van der Waals surface area (Å²) in [6, 6.07) is 0. The second-order valence-corrected chi connectivity index (χ2v) is 5.75. The molecule has 0 spiro atoms. The summed E-state index contributed by atoms with van der Waals surface area (Å²) in [5.74, 6) is 0.730. The molecule has 0 bridgehead atoms. The fourth-order valence-electron chi connectivity index (χ4n) is 2.30. The Morgan fingerprint density at radius 2 is 1.65 bits per heavy atom. The van der Waals surface area contributed by atoms with Crippen molar-refractivity contribution in [2.75, 3.05) is 33.2 Å². The number of carbonyl (C=O) groups is 2. The Hall–Kier alpha value is -1.10. The molecular weight excluding hydrogens is 254 g/mol. The van der Waals surface area contributed by atoms with Gasteiger partial charge in [0.1, 0.15) is 0 Å². The van der Waals surface area contributed by atoms with Crippen molar-refractivity contribution in [3.63, 3.8) is 0 Å². The third-order valence-corrected chi connectivity index (χ3v) is 3.52. The first-order valence-corrected chi connectivity index (χ1v) is 7.57. The van der Waals surface area contributed by atoms with Gasteiger partial charge in [-0.05, 0) is 38.6 Å². The molecule has 5 nitrogen and oxygen atoms in total. The molecule has 0 aromatic heterocycles. The maximum Gasteiger partial charge on any atom is 0.242 e. The highest BCUT2D eigenvalue weighted by molar-refractivity contribution is 5.84. The SMILES string of the molecule is CCN(CC)C(=O)CN(C)C(=O)CC(CN)CC(C)C. The van der Waals surface area contributed by atoms with Crippen LogP contribution in [0.25, 0.3) is 0 Å². The maximum atomic E-state index is 12.1. The van der Waals surface area contributed by atoms with Crippen molar-refractivity contribution in [2.24, 2.45) is 17.6 Å². The molecule has 1 atom stereocenters. The maximum absolute atomic E-state index is 12.1. The first-order chi connectivity index (χ1) is 9.35. The lowest BCUT2D eigenvalue weighted by Gasteiger charge is -2.25. The Labute approximate surface area is 123 Å². The monoisotopic (exact) mass is 285 g/mol. The predicted octanol–water partition coefficient (Wildman–Crippen LogP) is 1.32. The van der Waals surface area contributed by atoms with E-state index in [4.69, 9.17) is 5.73 Å². The highest BCUT2D eigenvalue weighted by Gasteiger charge is 2.20. The topological polar surface area (TPSA) is 66.6 Å². The zero-order valence-corrected chi connectivity index (χ0v) is 13.7. The summed E-state index contributed by atoms with van der Waals surface area (Å²) in [5, 5.41) is 0. The van der Waals surface area contributed by atoms with Crippen molar-refractivity contribution < 1.29 is 9.59 Å². The van der Waals surface area contributed by atoms with Gasteiger partial charge in [-0.1, -0.05) is 13.8 Å². The van der Waals surface area contributed by atoms with E-state index in [0.717, 1.165) is 6.42 Å². The van der Waals surface area contributed by atoms with E-state index in [1.807, 2.05) is 13.8 Å². The van der Waals surface area contributed by atoms with E-state index >= 15 is 0 Å². The van der Waals surface area contributed by atoms with Crippen LogP contribution >= 0.6 is 0 Å². The number of nitrogens with two attached hydrogens (primary N) is 1. The predicted molar refractivity (Wildman–Crippen MR) is 82.2 cm³/mol. The summed E-state index contributed by atoms with van der Waals surface area (Å²) in [6.07, 6.45) is 1.37. The minimum Gasteiger partial charge on any atom is -0.342 e. The van der Waals surface area contributed by atoms with Gasteiger partial charge in [0.05, 0.1) is 6.54 Å². The van der Waals surface area contributed by atoms with E-state index in [2.05, 4.69) is 13.8 Å². The minimum atomic E-state index is -0.000918. The van der Waals surface area contributed by atoms with Gasteiger partial charge in [0.25, 0.3) is 0 Å². The summed E-state index contributed by atoms with van der Waals surface area (Å²) < 4.78 is 0. The van der Waals surface area contributed by atoms with Crippen molar-refractivity contribution >= 4 is 11.8 Å². The van der Waals surface area contributed by atoms with Crippen LogP contribution in [0.4, 0.5) is 0 Å². The molecule has 118 valence electrons. The summed E-state index contributed by atoms with van der Waals surface area (Å²) >= 11 is 0. The number of rotatable bonds is 9. The minimum absolute atomic E-state index is 0.000918. The fraction of sp³-hybridized carbons (Fsp3) is 0.867. The molecule has 0 aromatic rings. The Balaban J connectivity index is 4.36. The first-order valence-electron chi connectivity index (χ1n) is 7.57. The van der Waals surface area contributed by atoms with Gasteiger partial charge in [0, 0.05) is 26.6 Å². The van der Waals surface area contributed by atoms with Gasteiger partial charge in [-0.15, -0.1) is 0 Å². The van der Waals surface area contributed by atoms with E-state index in [-0.39, 0.29) is 24.3 Å². The number of nitrogens with zero attached hydrogens (tertiary/aromatic N) is 2. The lowest BCUT2D eigenvalue weighted by molar-refractivity contribution is -0.139. The van der Waals surface area contributed by atoms with Crippen LogP contribution in [0, 0.1) is 11.8 Å². The molecular formula is C15H31N3O2. The molecule has 2 amide bonds. The molecule has 0 saturated heterocycles. The summed E-state index contributed by atoms with van der Waals surface area (Å²) in [6.45, 7) is 10.2. The van der Waals surface area contributed by atoms with Crippen LogP contribution in [0.2, 0.25) is 0 Å². The van der Waals surface area contributed by atoms with Crippen molar-refractivity contribution in [3.8, 4) is 0 Å². The summed E-state index contributed by atoms with van der Waals surface area (Å²) in [7, 11) is 1.69. The Morgan fingerprint density at radius 3 is 2.05 bits per heavy atom. The van der Waals surface area contributed by atoms with E-state index in [1.165, 1.54) is 4.90 Å². The largest absolute Gasteiger partial charge is 0.342 e. The van der Waals surface area contributed by atoms with E-state index < -0.39 is 0 Å². The van der Waals surface area contributed by atoms with Crippen LogP contribution in [0.1, 0.15) is 40.5 Å². The number of amides is 2. The van der Waals surface area contributed by atoms with Crippen LogP contribution in [-0.4, -0.2) is 54.8 Å².